The lowest BCUT2D eigenvalue weighted by atomic mass is 9.82. The first-order valence-electron chi connectivity index (χ1n) is 5.44. The Bertz CT molecular complexity index is 240. The Morgan fingerprint density at radius 1 is 1.46 bits per heavy atom. The topological polar surface area (TPSA) is 17.1 Å². The molecule has 0 saturated heterocycles. The van der Waals surface area contributed by atoms with Gasteiger partial charge in [0.25, 0.3) is 0 Å². The number of carbonyl (C=O) groups excluding carboxylic acids is 1. The molecule has 2 aliphatic carbocycles. The van der Waals surface area contributed by atoms with Crippen LogP contribution in [-0.2, 0) is 4.79 Å². The zero-order valence-corrected chi connectivity index (χ0v) is 8.38. The number of fused-ring (bicyclic) bond motifs is 1. The number of ketones is 1. The van der Waals surface area contributed by atoms with E-state index in [9.17, 15) is 4.79 Å². The van der Waals surface area contributed by atoms with Crippen molar-refractivity contribution < 1.29 is 4.79 Å². The second-order valence-corrected chi connectivity index (χ2v) is 4.60. The first-order chi connectivity index (χ1) is 6.25. The number of rotatable bonds is 2. The molecule has 2 atom stereocenters. The molecule has 0 aromatic rings. The van der Waals surface area contributed by atoms with E-state index in [2.05, 4.69) is 6.08 Å². The highest BCUT2D eigenvalue weighted by Crippen LogP contribution is 2.41. The van der Waals surface area contributed by atoms with Crippen molar-refractivity contribution in [1.29, 1.82) is 0 Å². The van der Waals surface area contributed by atoms with E-state index in [-0.39, 0.29) is 0 Å². The molecule has 2 rings (SSSR count). The SMILES string of the molecule is CC(=O)CC1=CC2CCCC2CC1. The lowest BCUT2D eigenvalue weighted by Crippen LogP contribution is -2.12. The van der Waals surface area contributed by atoms with E-state index < -0.39 is 0 Å². The molecule has 2 unspecified atom stereocenters. The van der Waals surface area contributed by atoms with E-state index in [0.29, 0.717) is 12.2 Å². The summed E-state index contributed by atoms with van der Waals surface area (Å²) >= 11 is 0. The standard InChI is InChI=1S/C12H18O/c1-9(13)7-10-5-6-11-3-2-4-12(11)8-10/h8,11-12H,2-7H2,1H3. The molecule has 0 N–H and O–H groups in total. The predicted molar refractivity (Wildman–Crippen MR) is 53.4 cm³/mol. The van der Waals surface area contributed by atoms with E-state index in [1.807, 2.05) is 0 Å². The Kier molecular flexibility index (Phi) is 2.52. The van der Waals surface area contributed by atoms with Crippen LogP contribution >= 0.6 is 0 Å². The number of Topliss-reactive ketones (excluding diaryl/α,β-unsaturated/α-hetero) is 1. The van der Waals surface area contributed by atoms with Crippen molar-refractivity contribution >= 4 is 5.78 Å². The van der Waals surface area contributed by atoms with E-state index >= 15 is 0 Å². The molecule has 0 heterocycles. The maximum atomic E-state index is 11.0. The van der Waals surface area contributed by atoms with Crippen LogP contribution in [0.2, 0.25) is 0 Å². The third kappa shape index (κ3) is 2.01. The summed E-state index contributed by atoms with van der Waals surface area (Å²) in [6.45, 7) is 1.70. The maximum Gasteiger partial charge on any atom is 0.133 e. The summed E-state index contributed by atoms with van der Waals surface area (Å²) < 4.78 is 0. The molecule has 0 aromatic carbocycles. The smallest absolute Gasteiger partial charge is 0.133 e. The number of carbonyl (C=O) groups is 1. The van der Waals surface area contributed by atoms with Crippen molar-refractivity contribution in [1.82, 2.24) is 0 Å². The van der Waals surface area contributed by atoms with Gasteiger partial charge in [-0.2, -0.15) is 0 Å². The summed E-state index contributed by atoms with van der Waals surface area (Å²) in [5.41, 5.74) is 1.41. The van der Waals surface area contributed by atoms with Gasteiger partial charge in [-0.25, -0.2) is 0 Å². The van der Waals surface area contributed by atoms with E-state index in [1.54, 1.807) is 6.92 Å². The highest BCUT2D eigenvalue weighted by Gasteiger charge is 2.28. The van der Waals surface area contributed by atoms with Crippen LogP contribution in [0.15, 0.2) is 11.6 Å². The molecule has 1 fully saturated rings. The van der Waals surface area contributed by atoms with Crippen LogP contribution < -0.4 is 0 Å². The Labute approximate surface area is 80.2 Å². The first-order valence-corrected chi connectivity index (χ1v) is 5.44. The summed E-state index contributed by atoms with van der Waals surface area (Å²) in [5, 5.41) is 0. The van der Waals surface area contributed by atoms with Crippen LogP contribution in [0.1, 0.15) is 45.4 Å². The normalized spacial score (nSPS) is 32.5. The van der Waals surface area contributed by atoms with E-state index in [4.69, 9.17) is 0 Å². The van der Waals surface area contributed by atoms with Crippen molar-refractivity contribution in [3.05, 3.63) is 11.6 Å². The van der Waals surface area contributed by atoms with Gasteiger partial charge < -0.3 is 0 Å². The zero-order valence-electron chi connectivity index (χ0n) is 8.38. The number of allylic oxidation sites excluding steroid dienone is 2. The molecule has 1 saturated carbocycles. The fourth-order valence-electron chi connectivity index (χ4n) is 2.87. The third-order valence-corrected chi connectivity index (χ3v) is 3.48. The molecular weight excluding hydrogens is 160 g/mol. The van der Waals surface area contributed by atoms with Crippen molar-refractivity contribution in [2.45, 2.75) is 45.4 Å². The highest BCUT2D eigenvalue weighted by molar-refractivity contribution is 5.78. The lowest BCUT2D eigenvalue weighted by Gasteiger charge is -2.23. The van der Waals surface area contributed by atoms with Gasteiger partial charge in [-0.15, -0.1) is 0 Å². The Morgan fingerprint density at radius 3 is 3.08 bits per heavy atom. The van der Waals surface area contributed by atoms with Crippen LogP contribution in [0.5, 0.6) is 0 Å². The molecule has 0 spiro atoms. The Morgan fingerprint density at radius 2 is 2.31 bits per heavy atom. The lowest BCUT2D eigenvalue weighted by molar-refractivity contribution is -0.116. The second-order valence-electron chi connectivity index (χ2n) is 4.60. The molecule has 2 aliphatic rings. The van der Waals surface area contributed by atoms with Crippen molar-refractivity contribution in [3.8, 4) is 0 Å². The molecule has 1 nitrogen and oxygen atoms in total. The predicted octanol–water partition coefficient (Wildman–Crippen LogP) is 3.10. The largest absolute Gasteiger partial charge is 0.300 e. The molecule has 0 radical (unpaired) electrons. The Balaban J connectivity index is 2.01. The zero-order chi connectivity index (χ0) is 9.26. The van der Waals surface area contributed by atoms with Crippen LogP contribution in [0.4, 0.5) is 0 Å². The van der Waals surface area contributed by atoms with Crippen molar-refractivity contribution in [2.75, 3.05) is 0 Å². The summed E-state index contributed by atoms with van der Waals surface area (Å²) in [6, 6.07) is 0. The maximum absolute atomic E-state index is 11.0. The average Bonchev–Trinajstić information content (AvgIpc) is 2.49. The van der Waals surface area contributed by atoms with Gasteiger partial charge in [-0.05, 0) is 44.4 Å². The summed E-state index contributed by atoms with van der Waals surface area (Å²) in [4.78, 5) is 11.0. The minimum atomic E-state index is 0.322. The molecule has 0 aromatic heterocycles. The highest BCUT2D eigenvalue weighted by atomic mass is 16.1. The van der Waals surface area contributed by atoms with Gasteiger partial charge in [0.2, 0.25) is 0 Å². The van der Waals surface area contributed by atoms with Gasteiger partial charge in [0.05, 0.1) is 0 Å². The monoisotopic (exact) mass is 178 g/mol. The number of hydrogen-bond donors (Lipinski definition) is 0. The molecule has 13 heavy (non-hydrogen) atoms. The van der Waals surface area contributed by atoms with E-state index in [0.717, 1.165) is 11.8 Å². The number of hydrogen-bond acceptors (Lipinski definition) is 1. The second kappa shape index (κ2) is 3.65. The van der Waals surface area contributed by atoms with E-state index in [1.165, 1.54) is 37.7 Å². The summed E-state index contributed by atoms with van der Waals surface area (Å²) in [5.74, 6) is 2.10. The molecule has 72 valence electrons. The molecule has 1 heteroatoms. The van der Waals surface area contributed by atoms with Gasteiger partial charge in [0.15, 0.2) is 0 Å². The van der Waals surface area contributed by atoms with Gasteiger partial charge in [-0.3, -0.25) is 4.79 Å². The minimum Gasteiger partial charge on any atom is -0.300 e. The fourth-order valence-corrected chi connectivity index (χ4v) is 2.87. The van der Waals surface area contributed by atoms with Crippen LogP contribution in [0.3, 0.4) is 0 Å². The van der Waals surface area contributed by atoms with Crippen molar-refractivity contribution in [3.63, 3.8) is 0 Å². The summed E-state index contributed by atoms with van der Waals surface area (Å²) in [7, 11) is 0. The van der Waals surface area contributed by atoms with Gasteiger partial charge in [0.1, 0.15) is 5.78 Å². The van der Waals surface area contributed by atoms with Gasteiger partial charge >= 0.3 is 0 Å². The fraction of sp³-hybridized carbons (Fsp3) is 0.750. The molecule has 0 amide bonds. The first kappa shape index (κ1) is 8.98. The van der Waals surface area contributed by atoms with Gasteiger partial charge in [-0.1, -0.05) is 18.1 Å². The van der Waals surface area contributed by atoms with Crippen LogP contribution in [-0.4, -0.2) is 5.78 Å². The summed E-state index contributed by atoms with van der Waals surface area (Å²) in [6.07, 6.45) is 9.83. The average molecular weight is 178 g/mol. The molecular formula is C12H18O. The molecule has 0 bridgehead atoms. The van der Waals surface area contributed by atoms with Crippen LogP contribution in [0, 0.1) is 11.8 Å². The Hall–Kier alpha value is -0.590. The minimum absolute atomic E-state index is 0.322. The quantitative estimate of drug-likeness (QED) is 0.594. The van der Waals surface area contributed by atoms with Crippen molar-refractivity contribution in [2.24, 2.45) is 11.8 Å². The molecule has 0 aliphatic heterocycles. The third-order valence-electron chi connectivity index (χ3n) is 3.48. The van der Waals surface area contributed by atoms with Gasteiger partial charge in [0, 0.05) is 6.42 Å². The van der Waals surface area contributed by atoms with Crippen LogP contribution in [0.25, 0.3) is 0 Å².